The molecule has 0 aliphatic carbocycles. The molecule has 2 atom stereocenters. The fourth-order valence-corrected chi connectivity index (χ4v) is 2.52. The number of aliphatic carboxylic acids is 1. The van der Waals surface area contributed by atoms with Gasteiger partial charge in [-0.3, -0.25) is 34.2 Å². The number of hydrogen-bond donors (Lipinski definition) is 2. The second-order valence-corrected chi connectivity index (χ2v) is 4.90. The number of carboxylic acids is 1. The maximum Gasteiger partial charge on any atom is 0.318 e. The summed E-state index contributed by atoms with van der Waals surface area (Å²) in [5, 5.41) is 20.0. The molecule has 0 aromatic heterocycles. The summed E-state index contributed by atoms with van der Waals surface area (Å²) in [5.74, 6) is -6.59. The topological polar surface area (TPSA) is 161 Å². The van der Waals surface area contributed by atoms with Gasteiger partial charge in [-0.05, 0) is 13.0 Å². The predicted molar refractivity (Wildman–Crippen MR) is 73.4 cm³/mol. The SMILES string of the molecule is CC(C(C(N)=O)C(=O)O)N1C(=O)c2cccc([N+](=O)[O-])c2C1=O. The molecule has 3 amide bonds. The van der Waals surface area contributed by atoms with E-state index in [1.165, 1.54) is 12.1 Å². The molecule has 3 N–H and O–H groups in total. The number of hydrogen-bond acceptors (Lipinski definition) is 6. The van der Waals surface area contributed by atoms with Gasteiger partial charge in [0.25, 0.3) is 17.5 Å². The first kappa shape index (κ1) is 16.1. The summed E-state index contributed by atoms with van der Waals surface area (Å²) in [4.78, 5) is 57.8. The van der Waals surface area contributed by atoms with Gasteiger partial charge in [-0.1, -0.05) is 6.07 Å². The summed E-state index contributed by atoms with van der Waals surface area (Å²) in [6.07, 6.45) is 0. The van der Waals surface area contributed by atoms with Crippen LogP contribution >= 0.6 is 0 Å². The van der Waals surface area contributed by atoms with Gasteiger partial charge in [0.2, 0.25) is 5.91 Å². The number of carbonyl (C=O) groups is 4. The third-order valence-corrected chi connectivity index (χ3v) is 3.58. The van der Waals surface area contributed by atoms with Crippen molar-refractivity contribution in [1.82, 2.24) is 4.90 Å². The third kappa shape index (κ3) is 2.39. The number of nitrogens with zero attached hydrogens (tertiary/aromatic N) is 2. The molecule has 1 aliphatic rings. The van der Waals surface area contributed by atoms with Crippen LogP contribution in [0.15, 0.2) is 18.2 Å². The second-order valence-electron chi connectivity index (χ2n) is 4.90. The first-order chi connectivity index (χ1) is 10.7. The predicted octanol–water partition coefficient (Wildman–Crippen LogP) is -0.235. The molecule has 2 unspecified atom stereocenters. The van der Waals surface area contributed by atoms with Crippen molar-refractivity contribution in [2.45, 2.75) is 13.0 Å². The number of fused-ring (bicyclic) bond motifs is 1. The monoisotopic (exact) mass is 321 g/mol. The van der Waals surface area contributed by atoms with Crippen LogP contribution in [-0.2, 0) is 9.59 Å². The fourth-order valence-electron chi connectivity index (χ4n) is 2.52. The van der Waals surface area contributed by atoms with Gasteiger partial charge in [0.05, 0.1) is 16.5 Å². The normalized spacial score (nSPS) is 16.0. The maximum absolute atomic E-state index is 12.4. The minimum Gasteiger partial charge on any atom is -0.481 e. The van der Waals surface area contributed by atoms with Crippen LogP contribution in [0.4, 0.5) is 5.69 Å². The molecule has 1 aromatic carbocycles. The largest absolute Gasteiger partial charge is 0.481 e. The highest BCUT2D eigenvalue weighted by Gasteiger charge is 2.47. The van der Waals surface area contributed by atoms with Crippen LogP contribution in [0.5, 0.6) is 0 Å². The lowest BCUT2D eigenvalue weighted by atomic mass is 9.99. The Morgan fingerprint density at radius 2 is 1.91 bits per heavy atom. The second kappa shape index (κ2) is 5.48. The molecule has 1 aliphatic heterocycles. The van der Waals surface area contributed by atoms with Crippen molar-refractivity contribution in [3.63, 3.8) is 0 Å². The number of nitrogens with two attached hydrogens (primary N) is 1. The minimum atomic E-state index is -1.82. The number of nitro groups is 1. The van der Waals surface area contributed by atoms with Gasteiger partial charge >= 0.3 is 5.97 Å². The van der Waals surface area contributed by atoms with Gasteiger partial charge in [0.1, 0.15) is 5.56 Å². The highest BCUT2D eigenvalue weighted by atomic mass is 16.6. The Morgan fingerprint density at radius 1 is 1.30 bits per heavy atom. The van der Waals surface area contributed by atoms with E-state index in [9.17, 15) is 29.3 Å². The molecule has 0 radical (unpaired) electrons. The first-order valence-corrected chi connectivity index (χ1v) is 6.35. The number of imide groups is 1. The van der Waals surface area contributed by atoms with Gasteiger partial charge in [0, 0.05) is 6.07 Å². The highest BCUT2D eigenvalue weighted by Crippen LogP contribution is 2.33. The number of nitro benzene ring substituents is 1. The summed E-state index contributed by atoms with van der Waals surface area (Å²) in [6, 6.07) is 2.12. The Morgan fingerprint density at radius 3 is 2.39 bits per heavy atom. The van der Waals surface area contributed by atoms with Crippen LogP contribution in [0.25, 0.3) is 0 Å². The lowest BCUT2D eigenvalue weighted by Crippen LogP contribution is -2.49. The summed E-state index contributed by atoms with van der Waals surface area (Å²) in [6.45, 7) is 1.16. The number of carboxylic acid groups (broad SMARTS) is 1. The van der Waals surface area contributed by atoms with E-state index in [1.807, 2.05) is 0 Å². The molecular weight excluding hydrogens is 310 g/mol. The lowest BCUT2D eigenvalue weighted by molar-refractivity contribution is -0.385. The molecule has 10 heteroatoms. The van der Waals surface area contributed by atoms with Crippen molar-refractivity contribution in [2.24, 2.45) is 11.7 Å². The van der Waals surface area contributed by atoms with Gasteiger partial charge in [-0.25, -0.2) is 0 Å². The van der Waals surface area contributed by atoms with E-state index in [1.54, 1.807) is 0 Å². The molecule has 10 nitrogen and oxygen atoms in total. The van der Waals surface area contributed by atoms with E-state index in [2.05, 4.69) is 0 Å². The van der Waals surface area contributed by atoms with Crippen molar-refractivity contribution in [1.29, 1.82) is 0 Å². The molecule has 2 rings (SSSR count). The smallest absolute Gasteiger partial charge is 0.318 e. The molecule has 1 heterocycles. The molecule has 0 saturated heterocycles. The molecule has 1 aromatic rings. The average Bonchev–Trinajstić information content (AvgIpc) is 2.70. The fraction of sp³-hybridized carbons (Fsp3) is 0.231. The summed E-state index contributed by atoms with van der Waals surface area (Å²) < 4.78 is 0. The van der Waals surface area contributed by atoms with E-state index >= 15 is 0 Å². The molecular formula is C13H11N3O7. The van der Waals surface area contributed by atoms with Gasteiger partial charge in [-0.15, -0.1) is 0 Å². The number of primary amides is 1. The third-order valence-electron chi connectivity index (χ3n) is 3.58. The van der Waals surface area contributed by atoms with E-state index < -0.39 is 51.8 Å². The zero-order chi connectivity index (χ0) is 17.5. The van der Waals surface area contributed by atoms with E-state index in [0.29, 0.717) is 4.90 Å². The van der Waals surface area contributed by atoms with Crippen LogP contribution in [0.2, 0.25) is 0 Å². The average molecular weight is 321 g/mol. The Labute approximate surface area is 128 Å². The van der Waals surface area contributed by atoms with E-state index in [0.717, 1.165) is 13.0 Å². The first-order valence-electron chi connectivity index (χ1n) is 6.35. The minimum absolute atomic E-state index is 0.218. The Kier molecular flexibility index (Phi) is 3.83. The Balaban J connectivity index is 2.53. The molecule has 0 spiro atoms. The van der Waals surface area contributed by atoms with Gasteiger partial charge in [0.15, 0.2) is 5.92 Å². The molecule has 0 bridgehead atoms. The summed E-state index contributed by atoms with van der Waals surface area (Å²) >= 11 is 0. The van der Waals surface area contributed by atoms with Crippen molar-refractivity contribution < 1.29 is 29.2 Å². The molecule has 0 saturated carbocycles. The van der Waals surface area contributed by atoms with Crippen LogP contribution in [0.3, 0.4) is 0 Å². The Bertz CT molecular complexity index is 744. The van der Waals surface area contributed by atoms with Crippen molar-refractivity contribution in [2.75, 3.05) is 0 Å². The van der Waals surface area contributed by atoms with Crippen LogP contribution < -0.4 is 5.73 Å². The van der Waals surface area contributed by atoms with Crippen molar-refractivity contribution in [3.8, 4) is 0 Å². The Hall–Kier alpha value is -3.30. The quantitative estimate of drug-likeness (QED) is 0.327. The van der Waals surface area contributed by atoms with Crippen LogP contribution in [-0.4, -0.2) is 44.7 Å². The maximum atomic E-state index is 12.4. The van der Waals surface area contributed by atoms with Gasteiger partial charge in [-0.2, -0.15) is 0 Å². The standard InChI is InChI=1S/C13H11N3O7/c1-5(8(10(14)17)13(20)21)15-11(18)6-3-2-4-7(16(22)23)9(6)12(15)19/h2-5,8H,1H3,(H2,14,17)(H,20,21). The lowest BCUT2D eigenvalue weighted by Gasteiger charge is -2.25. The van der Waals surface area contributed by atoms with Gasteiger partial charge < -0.3 is 10.8 Å². The zero-order valence-corrected chi connectivity index (χ0v) is 11.8. The van der Waals surface area contributed by atoms with E-state index in [4.69, 9.17) is 10.8 Å². The number of rotatable bonds is 5. The number of amides is 3. The van der Waals surface area contributed by atoms with E-state index in [-0.39, 0.29) is 5.56 Å². The zero-order valence-electron chi connectivity index (χ0n) is 11.8. The van der Waals surface area contributed by atoms with Crippen LogP contribution in [0.1, 0.15) is 27.6 Å². The van der Waals surface area contributed by atoms with Crippen molar-refractivity contribution in [3.05, 3.63) is 39.4 Å². The highest BCUT2D eigenvalue weighted by molar-refractivity contribution is 6.23. The van der Waals surface area contributed by atoms with Crippen LogP contribution in [0, 0.1) is 16.0 Å². The molecule has 120 valence electrons. The molecule has 23 heavy (non-hydrogen) atoms. The van der Waals surface area contributed by atoms with Crippen molar-refractivity contribution >= 4 is 29.4 Å². The number of benzene rings is 1. The summed E-state index contributed by atoms with van der Waals surface area (Å²) in [7, 11) is 0. The summed E-state index contributed by atoms with van der Waals surface area (Å²) in [5.41, 5.74) is 3.79. The molecule has 0 fully saturated rings. The number of carbonyl (C=O) groups excluding carboxylic acids is 3.